The molecule has 0 aliphatic carbocycles. The van der Waals surface area contributed by atoms with E-state index in [0.717, 1.165) is 19.2 Å². The number of morpholine rings is 1. The lowest BCUT2D eigenvalue weighted by atomic mass is 10.1. The van der Waals surface area contributed by atoms with Crippen molar-refractivity contribution in [1.29, 1.82) is 0 Å². The first-order chi connectivity index (χ1) is 14.9. The number of aromatic nitrogens is 1. The molecular formula is C21H27F3N4O3. The van der Waals surface area contributed by atoms with Gasteiger partial charge in [-0.3, -0.25) is 14.6 Å². The van der Waals surface area contributed by atoms with Gasteiger partial charge in [-0.05, 0) is 18.6 Å². The number of nitrogens with zero attached hydrogens (tertiary/aromatic N) is 3. The third kappa shape index (κ3) is 6.78. The molecule has 0 unspecified atom stereocenters. The Kier molecular flexibility index (Phi) is 8.05. The van der Waals surface area contributed by atoms with Crippen LogP contribution in [-0.4, -0.2) is 66.6 Å². The molecule has 0 spiro atoms. The van der Waals surface area contributed by atoms with Crippen molar-refractivity contribution in [3.8, 4) is 0 Å². The largest absolute Gasteiger partial charge is 0.447 e. The van der Waals surface area contributed by atoms with Gasteiger partial charge in [-0.15, -0.1) is 0 Å². The van der Waals surface area contributed by atoms with Crippen molar-refractivity contribution in [3.63, 3.8) is 0 Å². The second-order valence-corrected chi connectivity index (χ2v) is 7.31. The summed E-state index contributed by atoms with van der Waals surface area (Å²) in [5, 5.41) is 2.64. The Hall–Kier alpha value is -2.43. The summed E-state index contributed by atoms with van der Waals surface area (Å²) in [5.41, 5.74) is -0.310. The maximum absolute atomic E-state index is 13.5. The van der Waals surface area contributed by atoms with Crippen molar-refractivity contribution < 1.29 is 27.1 Å². The highest BCUT2D eigenvalue weighted by atomic mass is 19.4. The van der Waals surface area contributed by atoms with Gasteiger partial charge in [-0.25, -0.2) is 4.98 Å². The van der Waals surface area contributed by atoms with Crippen LogP contribution in [0.25, 0.3) is 0 Å². The summed E-state index contributed by atoms with van der Waals surface area (Å²) in [6.07, 6.45) is -3.16. The number of halogens is 3. The number of ether oxygens (including phenoxy) is 1. The molecule has 0 radical (unpaired) electrons. The minimum absolute atomic E-state index is 0.0822. The number of benzene rings is 1. The minimum atomic E-state index is -4.43. The summed E-state index contributed by atoms with van der Waals surface area (Å²) in [4.78, 5) is 20.2. The molecule has 170 valence electrons. The summed E-state index contributed by atoms with van der Waals surface area (Å²) >= 11 is 0. The zero-order valence-electron chi connectivity index (χ0n) is 17.5. The second-order valence-electron chi connectivity index (χ2n) is 7.31. The van der Waals surface area contributed by atoms with E-state index >= 15 is 0 Å². The van der Waals surface area contributed by atoms with Crippen molar-refractivity contribution in [3.05, 3.63) is 53.2 Å². The first-order valence-corrected chi connectivity index (χ1v) is 10.3. The van der Waals surface area contributed by atoms with Crippen LogP contribution in [0.3, 0.4) is 0 Å². The summed E-state index contributed by atoms with van der Waals surface area (Å²) in [6, 6.07) is 5.56. The monoisotopic (exact) mass is 440 g/mol. The molecule has 10 heteroatoms. The Morgan fingerprint density at radius 3 is 2.68 bits per heavy atom. The van der Waals surface area contributed by atoms with Crippen LogP contribution in [0.1, 0.15) is 34.4 Å². The standard InChI is InChI=1S/C21H27F3N4O3/c1-2-25-20(29)18-15-31-19(26-18)14-28(8-7-27-9-11-30-12-10-27)13-16-5-3-4-6-17(16)21(22,23)24/h3-6,15H,2,7-14H2,1H3,(H,25,29). The highest BCUT2D eigenvalue weighted by molar-refractivity contribution is 5.91. The molecule has 0 saturated carbocycles. The lowest BCUT2D eigenvalue weighted by molar-refractivity contribution is -0.138. The number of amides is 1. The Morgan fingerprint density at radius 2 is 1.97 bits per heavy atom. The SMILES string of the molecule is CCNC(=O)c1coc(CN(CCN2CCOCC2)Cc2ccccc2C(F)(F)F)n1. The van der Waals surface area contributed by atoms with E-state index in [1.165, 1.54) is 18.4 Å². The smallest absolute Gasteiger partial charge is 0.416 e. The predicted octanol–water partition coefficient (Wildman–Crippen LogP) is 2.78. The number of nitrogens with one attached hydrogen (secondary N) is 1. The van der Waals surface area contributed by atoms with Gasteiger partial charge in [0.05, 0.1) is 25.3 Å². The number of carbonyl (C=O) groups excluding carboxylic acids is 1. The molecule has 1 aliphatic heterocycles. The number of hydrogen-bond acceptors (Lipinski definition) is 6. The molecule has 0 bridgehead atoms. The fourth-order valence-electron chi connectivity index (χ4n) is 3.43. The highest BCUT2D eigenvalue weighted by Crippen LogP contribution is 2.32. The van der Waals surface area contributed by atoms with Crippen LogP contribution in [0.4, 0.5) is 13.2 Å². The van der Waals surface area contributed by atoms with Crippen LogP contribution >= 0.6 is 0 Å². The second kappa shape index (κ2) is 10.7. The molecule has 1 aliphatic rings. The normalized spacial score (nSPS) is 15.4. The zero-order valence-corrected chi connectivity index (χ0v) is 17.5. The van der Waals surface area contributed by atoms with Crippen LogP contribution in [0.15, 0.2) is 34.9 Å². The third-order valence-corrected chi connectivity index (χ3v) is 5.03. The molecule has 2 aromatic rings. The topological polar surface area (TPSA) is 70.8 Å². The van der Waals surface area contributed by atoms with E-state index in [1.807, 2.05) is 4.90 Å². The summed E-state index contributed by atoms with van der Waals surface area (Å²) in [6.45, 7) is 6.59. The number of carbonyl (C=O) groups is 1. The van der Waals surface area contributed by atoms with E-state index in [9.17, 15) is 18.0 Å². The van der Waals surface area contributed by atoms with E-state index in [-0.39, 0.29) is 36.1 Å². The Balaban J connectivity index is 1.74. The maximum Gasteiger partial charge on any atom is 0.416 e. The van der Waals surface area contributed by atoms with Gasteiger partial charge in [0.25, 0.3) is 5.91 Å². The summed E-state index contributed by atoms with van der Waals surface area (Å²) in [5.74, 6) is -0.0625. The van der Waals surface area contributed by atoms with E-state index in [2.05, 4.69) is 15.2 Å². The van der Waals surface area contributed by atoms with E-state index in [0.29, 0.717) is 32.8 Å². The van der Waals surface area contributed by atoms with E-state index < -0.39 is 11.7 Å². The highest BCUT2D eigenvalue weighted by Gasteiger charge is 2.33. The molecule has 3 rings (SSSR count). The fraction of sp³-hybridized carbons (Fsp3) is 0.524. The van der Waals surface area contributed by atoms with Crippen LogP contribution in [0.5, 0.6) is 0 Å². The molecule has 1 N–H and O–H groups in total. The molecule has 1 aromatic carbocycles. The fourth-order valence-corrected chi connectivity index (χ4v) is 3.43. The minimum Gasteiger partial charge on any atom is -0.447 e. The summed E-state index contributed by atoms with van der Waals surface area (Å²) in [7, 11) is 0. The molecule has 0 atom stereocenters. The first kappa shape index (κ1) is 23.2. The number of hydrogen-bond donors (Lipinski definition) is 1. The van der Waals surface area contributed by atoms with Gasteiger partial charge in [0, 0.05) is 39.3 Å². The average molecular weight is 440 g/mol. The van der Waals surface area contributed by atoms with Gasteiger partial charge < -0.3 is 14.5 Å². The molecule has 1 aromatic heterocycles. The number of alkyl halides is 3. The lowest BCUT2D eigenvalue weighted by Crippen LogP contribution is -2.41. The Labute approximate surface area is 179 Å². The quantitative estimate of drug-likeness (QED) is 0.647. The lowest BCUT2D eigenvalue weighted by Gasteiger charge is -2.30. The van der Waals surface area contributed by atoms with Crippen molar-refractivity contribution in [2.75, 3.05) is 45.9 Å². The summed E-state index contributed by atoms with van der Waals surface area (Å²) < 4.78 is 51.1. The van der Waals surface area contributed by atoms with Crippen molar-refractivity contribution in [1.82, 2.24) is 20.1 Å². The van der Waals surface area contributed by atoms with Crippen molar-refractivity contribution >= 4 is 5.91 Å². The van der Waals surface area contributed by atoms with Crippen molar-refractivity contribution in [2.24, 2.45) is 0 Å². The van der Waals surface area contributed by atoms with Gasteiger partial charge in [0.2, 0.25) is 5.89 Å². The van der Waals surface area contributed by atoms with E-state index in [1.54, 1.807) is 13.0 Å². The van der Waals surface area contributed by atoms with Crippen LogP contribution < -0.4 is 5.32 Å². The Morgan fingerprint density at radius 1 is 1.23 bits per heavy atom. The van der Waals surface area contributed by atoms with Crippen molar-refractivity contribution in [2.45, 2.75) is 26.2 Å². The molecule has 1 saturated heterocycles. The zero-order chi connectivity index (χ0) is 22.3. The molecular weight excluding hydrogens is 413 g/mol. The van der Waals surface area contributed by atoms with Gasteiger partial charge in [-0.1, -0.05) is 18.2 Å². The van der Waals surface area contributed by atoms with Gasteiger partial charge >= 0.3 is 6.18 Å². The maximum atomic E-state index is 13.5. The number of oxazole rings is 1. The van der Waals surface area contributed by atoms with E-state index in [4.69, 9.17) is 9.15 Å². The average Bonchev–Trinajstić information content (AvgIpc) is 3.21. The van der Waals surface area contributed by atoms with Crippen LogP contribution in [-0.2, 0) is 24.0 Å². The molecule has 31 heavy (non-hydrogen) atoms. The van der Waals surface area contributed by atoms with Gasteiger partial charge in [0.1, 0.15) is 6.26 Å². The predicted molar refractivity (Wildman–Crippen MR) is 107 cm³/mol. The van der Waals surface area contributed by atoms with Crippen LogP contribution in [0, 0.1) is 0 Å². The molecule has 7 nitrogen and oxygen atoms in total. The van der Waals surface area contributed by atoms with Gasteiger partial charge in [0.15, 0.2) is 5.69 Å². The third-order valence-electron chi connectivity index (χ3n) is 5.03. The first-order valence-electron chi connectivity index (χ1n) is 10.3. The van der Waals surface area contributed by atoms with Crippen LogP contribution in [0.2, 0.25) is 0 Å². The van der Waals surface area contributed by atoms with Gasteiger partial charge in [-0.2, -0.15) is 13.2 Å². The molecule has 1 amide bonds. The molecule has 1 fully saturated rings. The number of rotatable bonds is 9. The Bertz CT molecular complexity index is 850. The molecule has 2 heterocycles.